The molecule has 2 N–H and O–H groups in total. The lowest BCUT2D eigenvalue weighted by molar-refractivity contribution is 0.237. The fourth-order valence-corrected chi connectivity index (χ4v) is 1.88. The Morgan fingerprint density at radius 1 is 1.65 bits per heavy atom. The first-order valence-corrected chi connectivity index (χ1v) is 5.93. The van der Waals surface area contributed by atoms with Crippen LogP contribution in [0.1, 0.15) is 25.1 Å². The Morgan fingerprint density at radius 3 is 3.18 bits per heavy atom. The summed E-state index contributed by atoms with van der Waals surface area (Å²) in [6.45, 7) is 0.450. The van der Waals surface area contributed by atoms with Crippen LogP contribution in [0.5, 0.6) is 0 Å². The van der Waals surface area contributed by atoms with Crippen LogP contribution in [0.25, 0.3) is 0 Å². The van der Waals surface area contributed by atoms with Gasteiger partial charge >= 0.3 is 6.03 Å². The Kier molecular flexibility index (Phi) is 3.80. The summed E-state index contributed by atoms with van der Waals surface area (Å²) < 4.78 is 1.89. The Balaban J connectivity index is 1.76. The summed E-state index contributed by atoms with van der Waals surface area (Å²) in [6.07, 6.45) is 11.0. The van der Waals surface area contributed by atoms with Crippen LogP contribution in [0.2, 0.25) is 0 Å². The smallest absolute Gasteiger partial charge is 0.315 e. The average molecular weight is 234 g/mol. The Morgan fingerprint density at radius 2 is 2.53 bits per heavy atom. The first kappa shape index (κ1) is 11.7. The molecule has 0 aromatic carbocycles. The van der Waals surface area contributed by atoms with E-state index in [9.17, 15) is 4.79 Å². The third-order valence-electron chi connectivity index (χ3n) is 2.90. The predicted octanol–water partition coefficient (Wildman–Crippen LogP) is 1.33. The van der Waals surface area contributed by atoms with Gasteiger partial charge in [0.1, 0.15) is 5.82 Å². The summed E-state index contributed by atoms with van der Waals surface area (Å²) in [4.78, 5) is 15.8. The highest BCUT2D eigenvalue weighted by Gasteiger charge is 2.11. The number of urea groups is 1. The second-order valence-electron chi connectivity index (χ2n) is 4.25. The Hall–Kier alpha value is -1.78. The van der Waals surface area contributed by atoms with Crippen molar-refractivity contribution < 1.29 is 4.79 Å². The molecule has 0 saturated heterocycles. The minimum absolute atomic E-state index is 0.135. The first-order valence-electron chi connectivity index (χ1n) is 5.93. The van der Waals surface area contributed by atoms with Crippen LogP contribution in [0, 0.1) is 0 Å². The quantitative estimate of drug-likeness (QED) is 0.775. The van der Waals surface area contributed by atoms with Gasteiger partial charge in [-0.05, 0) is 19.3 Å². The van der Waals surface area contributed by atoms with E-state index in [1.54, 1.807) is 6.20 Å². The molecule has 1 aliphatic rings. The first-order chi connectivity index (χ1) is 8.25. The lowest BCUT2D eigenvalue weighted by atomic mass is 10.0. The molecule has 0 fully saturated rings. The van der Waals surface area contributed by atoms with Crippen LogP contribution in [-0.4, -0.2) is 21.6 Å². The predicted molar refractivity (Wildman–Crippen MR) is 65.4 cm³/mol. The van der Waals surface area contributed by atoms with Crippen molar-refractivity contribution in [2.24, 2.45) is 7.05 Å². The van der Waals surface area contributed by atoms with Crippen LogP contribution < -0.4 is 10.6 Å². The molecule has 1 unspecified atom stereocenters. The molecular weight excluding hydrogens is 216 g/mol. The highest BCUT2D eigenvalue weighted by molar-refractivity contribution is 5.74. The van der Waals surface area contributed by atoms with E-state index >= 15 is 0 Å². The zero-order valence-electron chi connectivity index (χ0n) is 10.0. The lowest BCUT2D eigenvalue weighted by Gasteiger charge is -2.18. The standard InChI is InChI=1S/C12H18N4O/c1-16-8-7-13-11(16)9-14-12(17)15-10-5-3-2-4-6-10/h3,5,7-8,10H,2,4,6,9H2,1H3,(H2,14,15,17). The number of imidazole rings is 1. The number of nitrogens with zero attached hydrogens (tertiary/aromatic N) is 2. The van der Waals surface area contributed by atoms with Gasteiger partial charge in [-0.1, -0.05) is 12.2 Å². The van der Waals surface area contributed by atoms with Crippen molar-refractivity contribution in [2.75, 3.05) is 0 Å². The summed E-state index contributed by atoms with van der Waals surface area (Å²) in [5.41, 5.74) is 0. The molecule has 1 aliphatic carbocycles. The number of nitrogens with one attached hydrogen (secondary N) is 2. The molecule has 0 radical (unpaired) electrons. The van der Waals surface area contributed by atoms with Crippen molar-refractivity contribution in [1.29, 1.82) is 0 Å². The molecule has 17 heavy (non-hydrogen) atoms. The summed E-state index contributed by atoms with van der Waals surface area (Å²) in [7, 11) is 1.91. The van der Waals surface area contributed by atoms with E-state index in [1.165, 1.54) is 0 Å². The Labute approximate surface area is 101 Å². The molecule has 0 saturated carbocycles. The molecule has 2 rings (SSSR count). The van der Waals surface area contributed by atoms with Gasteiger partial charge in [0.15, 0.2) is 0 Å². The number of amides is 2. The summed E-state index contributed by atoms with van der Waals surface area (Å²) in [5, 5.41) is 5.73. The molecule has 92 valence electrons. The van der Waals surface area contributed by atoms with Gasteiger partial charge in [0.25, 0.3) is 0 Å². The second-order valence-corrected chi connectivity index (χ2v) is 4.25. The van der Waals surface area contributed by atoms with E-state index in [0.717, 1.165) is 25.1 Å². The summed E-state index contributed by atoms with van der Waals surface area (Å²) in [5.74, 6) is 0.847. The maximum absolute atomic E-state index is 11.6. The van der Waals surface area contributed by atoms with Crippen LogP contribution in [0.3, 0.4) is 0 Å². The summed E-state index contributed by atoms with van der Waals surface area (Å²) in [6, 6.07) is 0.0367. The van der Waals surface area contributed by atoms with Gasteiger partial charge < -0.3 is 15.2 Å². The monoisotopic (exact) mass is 234 g/mol. The summed E-state index contributed by atoms with van der Waals surface area (Å²) >= 11 is 0. The molecule has 0 spiro atoms. The minimum Gasteiger partial charge on any atom is -0.337 e. The highest BCUT2D eigenvalue weighted by atomic mass is 16.2. The van der Waals surface area contributed by atoms with Crippen molar-refractivity contribution in [3.05, 3.63) is 30.4 Å². The van der Waals surface area contributed by atoms with Crippen LogP contribution in [0.4, 0.5) is 4.79 Å². The lowest BCUT2D eigenvalue weighted by Crippen LogP contribution is -2.41. The largest absolute Gasteiger partial charge is 0.337 e. The van der Waals surface area contributed by atoms with E-state index in [4.69, 9.17) is 0 Å². The fraction of sp³-hybridized carbons (Fsp3) is 0.500. The number of hydrogen-bond acceptors (Lipinski definition) is 2. The van der Waals surface area contributed by atoms with E-state index in [1.807, 2.05) is 17.8 Å². The zero-order chi connectivity index (χ0) is 12.1. The maximum atomic E-state index is 11.6. The molecule has 0 aliphatic heterocycles. The van der Waals surface area contributed by atoms with Crippen molar-refractivity contribution in [3.63, 3.8) is 0 Å². The van der Waals surface area contributed by atoms with Gasteiger partial charge in [-0.3, -0.25) is 0 Å². The van der Waals surface area contributed by atoms with Gasteiger partial charge in [0, 0.05) is 25.5 Å². The zero-order valence-corrected chi connectivity index (χ0v) is 10.0. The molecule has 2 amide bonds. The maximum Gasteiger partial charge on any atom is 0.315 e. The SMILES string of the molecule is Cn1ccnc1CNC(=O)NC1C=CCCC1. The number of aryl methyl sites for hydroxylation is 1. The molecule has 1 atom stereocenters. The normalized spacial score (nSPS) is 19.0. The van der Waals surface area contributed by atoms with Crippen molar-refractivity contribution in [1.82, 2.24) is 20.2 Å². The van der Waals surface area contributed by atoms with Gasteiger partial charge in [0.2, 0.25) is 0 Å². The second kappa shape index (κ2) is 5.52. The van der Waals surface area contributed by atoms with Crippen LogP contribution in [0.15, 0.2) is 24.5 Å². The number of aromatic nitrogens is 2. The van der Waals surface area contributed by atoms with E-state index in [-0.39, 0.29) is 12.1 Å². The van der Waals surface area contributed by atoms with Gasteiger partial charge in [-0.2, -0.15) is 0 Å². The van der Waals surface area contributed by atoms with Crippen LogP contribution in [-0.2, 0) is 13.6 Å². The number of hydrogen-bond donors (Lipinski definition) is 2. The van der Waals surface area contributed by atoms with Crippen molar-refractivity contribution >= 4 is 6.03 Å². The minimum atomic E-state index is -0.135. The fourth-order valence-electron chi connectivity index (χ4n) is 1.88. The number of carbonyl (C=O) groups is 1. The van der Waals surface area contributed by atoms with Crippen molar-refractivity contribution in [3.8, 4) is 0 Å². The van der Waals surface area contributed by atoms with Gasteiger partial charge in [0.05, 0.1) is 6.54 Å². The third kappa shape index (κ3) is 3.34. The van der Waals surface area contributed by atoms with E-state index in [0.29, 0.717) is 6.54 Å². The average Bonchev–Trinajstić information content (AvgIpc) is 2.74. The number of allylic oxidation sites excluding steroid dienone is 1. The molecule has 5 nitrogen and oxygen atoms in total. The van der Waals surface area contributed by atoms with E-state index in [2.05, 4.69) is 27.8 Å². The molecule has 1 heterocycles. The molecule has 0 bridgehead atoms. The van der Waals surface area contributed by atoms with E-state index < -0.39 is 0 Å². The highest BCUT2D eigenvalue weighted by Crippen LogP contribution is 2.09. The molecule has 1 aromatic rings. The number of carbonyl (C=O) groups excluding carboxylic acids is 1. The van der Waals surface area contributed by atoms with Gasteiger partial charge in [-0.25, -0.2) is 9.78 Å². The van der Waals surface area contributed by atoms with Crippen LogP contribution >= 0.6 is 0 Å². The molecular formula is C12H18N4O. The molecule has 1 aromatic heterocycles. The van der Waals surface area contributed by atoms with Gasteiger partial charge in [-0.15, -0.1) is 0 Å². The Bertz CT molecular complexity index is 410. The third-order valence-corrected chi connectivity index (χ3v) is 2.90. The number of rotatable bonds is 3. The van der Waals surface area contributed by atoms with Crippen molar-refractivity contribution in [2.45, 2.75) is 31.8 Å². The molecule has 5 heteroatoms. The topological polar surface area (TPSA) is 59.0 Å².